The highest BCUT2D eigenvalue weighted by Gasteiger charge is 2.26. The largest absolute Gasteiger partial charge is 0.505 e. The number of amidine groups is 1. The Morgan fingerprint density at radius 3 is 2.83 bits per heavy atom. The fraction of sp³-hybridized carbons (Fsp3) is 0.174. The van der Waals surface area contributed by atoms with E-state index in [0.717, 1.165) is 29.5 Å². The van der Waals surface area contributed by atoms with Crippen LogP contribution in [0.2, 0.25) is 0 Å². The standard InChI is InChI=1S/C23H21N5O4S3/c1-35(31,32)27-15-9-10-16-18(12-15)34-26-22(24-16)19-21(29)20(17-8-5-11-33-17)25-28(23(19)30)13-14-6-3-2-4-7-14/h3,5-12,27,29H,2,4,13H2,1H3,(H,24,26). The molecule has 0 atom stereocenters. The summed E-state index contributed by atoms with van der Waals surface area (Å²) in [6, 6.07) is 8.59. The van der Waals surface area contributed by atoms with Gasteiger partial charge < -0.3 is 9.83 Å². The summed E-state index contributed by atoms with van der Waals surface area (Å²) in [5, 5.41) is 17.5. The highest BCUT2D eigenvalue weighted by molar-refractivity contribution is 7.98. The van der Waals surface area contributed by atoms with Gasteiger partial charge in [-0.1, -0.05) is 24.3 Å². The first-order valence-corrected chi connectivity index (χ1v) is 14.2. The van der Waals surface area contributed by atoms with Crippen LogP contribution in [0.1, 0.15) is 18.4 Å². The van der Waals surface area contributed by atoms with E-state index in [9.17, 15) is 18.3 Å². The van der Waals surface area contributed by atoms with Gasteiger partial charge in [-0.25, -0.2) is 18.1 Å². The number of thiophene rings is 1. The van der Waals surface area contributed by atoms with Crippen molar-refractivity contribution in [2.45, 2.75) is 24.3 Å². The van der Waals surface area contributed by atoms with Crippen LogP contribution >= 0.6 is 23.3 Å². The van der Waals surface area contributed by atoms with Crippen LogP contribution < -0.4 is 15.0 Å². The first-order valence-electron chi connectivity index (χ1n) is 10.7. The van der Waals surface area contributed by atoms with E-state index in [4.69, 9.17) is 0 Å². The Kier molecular flexibility index (Phi) is 6.26. The summed E-state index contributed by atoms with van der Waals surface area (Å²) in [6.45, 7) is 0.276. The summed E-state index contributed by atoms with van der Waals surface area (Å²) in [6.07, 6.45) is 9.08. The van der Waals surface area contributed by atoms with Crippen LogP contribution in [0.3, 0.4) is 0 Å². The van der Waals surface area contributed by atoms with E-state index in [1.54, 1.807) is 18.2 Å². The van der Waals surface area contributed by atoms with Gasteiger partial charge in [-0.15, -0.1) is 11.3 Å². The topological polar surface area (TPSA) is 126 Å². The van der Waals surface area contributed by atoms with E-state index in [2.05, 4.69) is 31.7 Å². The monoisotopic (exact) mass is 527 g/mol. The average molecular weight is 528 g/mol. The average Bonchev–Trinajstić information content (AvgIpc) is 3.35. The molecule has 1 aliphatic heterocycles. The maximum atomic E-state index is 13.5. The van der Waals surface area contributed by atoms with E-state index in [1.807, 2.05) is 23.6 Å². The predicted octanol–water partition coefficient (Wildman–Crippen LogP) is 4.01. The van der Waals surface area contributed by atoms with Crippen molar-refractivity contribution < 1.29 is 13.5 Å². The lowest BCUT2D eigenvalue weighted by atomic mass is 10.1. The lowest BCUT2D eigenvalue weighted by molar-refractivity contribution is 0.464. The number of benzene rings is 1. The molecule has 1 aromatic carbocycles. The van der Waals surface area contributed by atoms with E-state index in [1.165, 1.54) is 28.0 Å². The third kappa shape index (κ3) is 5.04. The van der Waals surface area contributed by atoms with Gasteiger partial charge in [0.25, 0.3) is 5.56 Å². The van der Waals surface area contributed by atoms with Crippen molar-refractivity contribution in [3.63, 3.8) is 0 Å². The van der Waals surface area contributed by atoms with Gasteiger partial charge in [-0.05, 0) is 60.0 Å². The van der Waals surface area contributed by atoms with Crippen molar-refractivity contribution >= 4 is 50.5 Å². The van der Waals surface area contributed by atoms with Crippen molar-refractivity contribution in [1.82, 2.24) is 14.5 Å². The molecule has 0 unspecified atom stereocenters. The predicted molar refractivity (Wildman–Crippen MR) is 140 cm³/mol. The van der Waals surface area contributed by atoms with Gasteiger partial charge >= 0.3 is 0 Å². The molecule has 3 aromatic rings. The second kappa shape index (κ2) is 9.36. The molecule has 3 heterocycles. The molecule has 1 aliphatic carbocycles. The Balaban J connectivity index is 1.60. The van der Waals surface area contributed by atoms with Crippen molar-refractivity contribution in [2.24, 2.45) is 4.99 Å². The van der Waals surface area contributed by atoms with Crippen LogP contribution in [-0.4, -0.2) is 35.4 Å². The molecule has 0 saturated carbocycles. The molecule has 9 nitrogen and oxygen atoms in total. The minimum Gasteiger partial charge on any atom is -0.505 e. The maximum Gasteiger partial charge on any atom is 0.281 e. The number of nitrogens with one attached hydrogen (secondary N) is 2. The van der Waals surface area contributed by atoms with E-state index >= 15 is 0 Å². The molecule has 0 fully saturated rings. The second-order valence-electron chi connectivity index (χ2n) is 7.99. The zero-order valence-electron chi connectivity index (χ0n) is 18.6. The Labute approximate surface area is 210 Å². The van der Waals surface area contributed by atoms with Crippen molar-refractivity contribution in [3.05, 3.63) is 75.4 Å². The minimum atomic E-state index is -3.42. The van der Waals surface area contributed by atoms with Crippen molar-refractivity contribution in [1.29, 1.82) is 0 Å². The van der Waals surface area contributed by atoms with Crippen LogP contribution in [0.5, 0.6) is 5.75 Å². The molecule has 5 rings (SSSR count). The van der Waals surface area contributed by atoms with E-state index in [-0.39, 0.29) is 23.7 Å². The zero-order valence-corrected chi connectivity index (χ0v) is 21.0. The molecule has 35 heavy (non-hydrogen) atoms. The number of fused-ring (bicyclic) bond motifs is 1. The van der Waals surface area contributed by atoms with Gasteiger partial charge in [0.05, 0.1) is 28.3 Å². The number of nitrogens with zero attached hydrogens (tertiary/aromatic N) is 3. The normalized spacial score (nSPS) is 15.1. The fourth-order valence-corrected chi connectivity index (χ4v) is 5.76. The lowest BCUT2D eigenvalue weighted by Crippen LogP contribution is -2.34. The number of sulfonamides is 1. The molecule has 3 N–H and O–H groups in total. The van der Waals surface area contributed by atoms with Crippen LogP contribution in [0, 0.1) is 0 Å². The summed E-state index contributed by atoms with van der Waals surface area (Å²) < 4.78 is 29.9. The molecule has 2 aromatic heterocycles. The summed E-state index contributed by atoms with van der Waals surface area (Å²) >= 11 is 2.59. The maximum absolute atomic E-state index is 13.5. The molecule has 0 radical (unpaired) electrons. The number of allylic oxidation sites excluding steroid dienone is 4. The molecule has 180 valence electrons. The smallest absolute Gasteiger partial charge is 0.281 e. The summed E-state index contributed by atoms with van der Waals surface area (Å²) in [5.74, 6) is -0.0385. The number of aromatic hydroxyl groups is 1. The molecule has 0 bridgehead atoms. The van der Waals surface area contributed by atoms with E-state index < -0.39 is 15.6 Å². The van der Waals surface area contributed by atoms with Crippen molar-refractivity contribution in [2.75, 3.05) is 11.0 Å². The van der Waals surface area contributed by atoms with Gasteiger partial charge in [-0.3, -0.25) is 9.52 Å². The van der Waals surface area contributed by atoms with Gasteiger partial charge in [0, 0.05) is 5.69 Å². The number of hydrogen-bond donors (Lipinski definition) is 3. The molecular weight excluding hydrogens is 506 g/mol. The third-order valence-electron chi connectivity index (χ3n) is 5.28. The number of rotatable bonds is 6. The second-order valence-corrected chi connectivity index (χ2v) is 11.5. The quantitative estimate of drug-likeness (QED) is 0.414. The highest BCUT2D eigenvalue weighted by atomic mass is 32.2. The molecule has 2 aliphatic rings. The Bertz CT molecular complexity index is 1550. The highest BCUT2D eigenvalue weighted by Crippen LogP contribution is 2.37. The van der Waals surface area contributed by atoms with Crippen LogP contribution in [0.4, 0.5) is 11.4 Å². The molecular formula is C23H21N5O4S3. The van der Waals surface area contributed by atoms with Gasteiger partial charge in [0.2, 0.25) is 10.0 Å². The summed E-state index contributed by atoms with van der Waals surface area (Å²) in [4.78, 5) is 19.5. The van der Waals surface area contributed by atoms with Crippen LogP contribution in [0.25, 0.3) is 10.6 Å². The number of anilines is 1. The fourth-order valence-electron chi connectivity index (χ4n) is 3.74. The SMILES string of the molecule is CS(=O)(=O)Nc1ccc2c(c1)SNC(c1c(O)c(-c3cccs3)nn(CC3=CCCC=C3)c1=O)=N2. The minimum absolute atomic E-state index is 0.0280. The van der Waals surface area contributed by atoms with E-state index in [0.29, 0.717) is 22.0 Å². The Morgan fingerprint density at radius 2 is 2.11 bits per heavy atom. The first kappa shape index (κ1) is 23.4. The van der Waals surface area contributed by atoms with Crippen LogP contribution in [0.15, 0.2) is 74.2 Å². The van der Waals surface area contributed by atoms with Crippen LogP contribution in [-0.2, 0) is 16.6 Å². The molecule has 0 spiro atoms. The Hall–Kier alpha value is -3.35. The Morgan fingerprint density at radius 1 is 1.26 bits per heavy atom. The summed E-state index contributed by atoms with van der Waals surface area (Å²) in [5.41, 5.74) is 1.79. The van der Waals surface area contributed by atoms with Gasteiger partial charge in [0.15, 0.2) is 11.6 Å². The number of hydrogen-bond acceptors (Lipinski definition) is 9. The number of aliphatic imine (C=N–C) groups is 1. The zero-order chi connectivity index (χ0) is 24.6. The summed E-state index contributed by atoms with van der Waals surface area (Å²) in [7, 11) is -3.42. The van der Waals surface area contributed by atoms with Gasteiger partial charge in [-0.2, -0.15) is 5.10 Å². The lowest BCUT2D eigenvalue weighted by Gasteiger charge is -2.19. The molecule has 0 saturated heterocycles. The molecule has 0 amide bonds. The third-order valence-corrected chi connectivity index (χ3v) is 7.60. The van der Waals surface area contributed by atoms with Gasteiger partial charge in [0.1, 0.15) is 11.3 Å². The number of aromatic nitrogens is 2. The van der Waals surface area contributed by atoms with Crippen molar-refractivity contribution in [3.8, 4) is 16.3 Å². The first-order chi connectivity index (χ1) is 16.8. The molecule has 12 heteroatoms.